The second-order valence-electron chi connectivity index (χ2n) is 9.00. The zero-order valence-corrected chi connectivity index (χ0v) is 22.5. The summed E-state index contributed by atoms with van der Waals surface area (Å²) in [5.74, 6) is 1.06. The molecule has 0 aliphatic carbocycles. The molecule has 1 saturated heterocycles. The molecule has 0 bridgehead atoms. The van der Waals surface area contributed by atoms with E-state index in [-0.39, 0.29) is 4.90 Å². The highest BCUT2D eigenvalue weighted by molar-refractivity contribution is 7.89. The van der Waals surface area contributed by atoms with Gasteiger partial charge in [-0.3, -0.25) is 4.68 Å². The van der Waals surface area contributed by atoms with E-state index in [1.807, 2.05) is 14.1 Å². The Balaban J connectivity index is 1.83. The number of nitrogens with zero attached hydrogens (tertiary/aromatic N) is 5. The molecule has 0 unspecified atom stereocenters. The molecule has 1 fully saturated rings. The van der Waals surface area contributed by atoms with Crippen molar-refractivity contribution in [2.75, 3.05) is 39.8 Å². The van der Waals surface area contributed by atoms with Crippen LogP contribution in [0.2, 0.25) is 0 Å². The summed E-state index contributed by atoms with van der Waals surface area (Å²) >= 11 is 5.63. The lowest BCUT2D eigenvalue weighted by Crippen LogP contribution is -2.47. The molecule has 0 radical (unpaired) electrons. The van der Waals surface area contributed by atoms with E-state index in [0.717, 1.165) is 42.4 Å². The van der Waals surface area contributed by atoms with Crippen molar-refractivity contribution in [2.45, 2.75) is 44.4 Å². The monoisotopic (exact) mass is 518 g/mol. The minimum absolute atomic E-state index is 0.223. The summed E-state index contributed by atoms with van der Waals surface area (Å²) in [7, 11) is 0.200. The number of H-pyrrole nitrogens is 1. The SMILES string of the molecule is CCCCOc1ccc(S(=O)(=O)N2CCN(C)CC2)cc1-c1nc(=S)c2c([nH]1)c(CCC)nn2C. The zero-order valence-electron chi connectivity index (χ0n) is 20.9. The van der Waals surface area contributed by atoms with E-state index < -0.39 is 10.0 Å². The molecule has 1 aliphatic heterocycles. The van der Waals surface area contributed by atoms with E-state index in [1.54, 1.807) is 27.2 Å². The van der Waals surface area contributed by atoms with Crippen molar-refractivity contribution < 1.29 is 13.2 Å². The Kier molecular flexibility index (Phi) is 7.89. The predicted octanol–water partition coefficient (Wildman–Crippen LogP) is 3.76. The number of aromatic amines is 1. The number of likely N-dealkylation sites (N-methyl/N-ethyl adjacent to an activating group) is 1. The maximum atomic E-state index is 13.5. The molecule has 3 heterocycles. The quantitative estimate of drug-likeness (QED) is 0.340. The summed E-state index contributed by atoms with van der Waals surface area (Å²) in [5, 5.41) is 4.62. The molecule has 0 saturated carbocycles. The first-order chi connectivity index (χ1) is 16.8. The van der Waals surface area contributed by atoms with Crippen molar-refractivity contribution in [2.24, 2.45) is 7.05 Å². The first kappa shape index (κ1) is 25.7. The highest BCUT2D eigenvalue weighted by Crippen LogP contribution is 2.33. The van der Waals surface area contributed by atoms with Gasteiger partial charge in [-0.1, -0.05) is 38.9 Å². The molecule has 9 nitrogen and oxygen atoms in total. The van der Waals surface area contributed by atoms with Crippen LogP contribution in [-0.4, -0.2) is 77.2 Å². The number of piperazine rings is 1. The molecule has 1 N–H and O–H groups in total. The average molecular weight is 519 g/mol. The lowest BCUT2D eigenvalue weighted by atomic mass is 10.1. The maximum Gasteiger partial charge on any atom is 0.243 e. The number of hydrogen-bond donors (Lipinski definition) is 1. The second-order valence-corrected chi connectivity index (χ2v) is 11.3. The number of aromatic nitrogens is 4. The van der Waals surface area contributed by atoms with Crippen LogP contribution in [0, 0.1) is 4.64 Å². The van der Waals surface area contributed by atoms with Gasteiger partial charge < -0.3 is 14.6 Å². The number of benzene rings is 1. The van der Waals surface area contributed by atoms with Gasteiger partial charge in [0.15, 0.2) is 4.64 Å². The maximum absolute atomic E-state index is 13.5. The number of hydrogen-bond acceptors (Lipinski definition) is 7. The van der Waals surface area contributed by atoms with E-state index in [1.165, 1.54) is 0 Å². The summed E-state index contributed by atoms with van der Waals surface area (Å²) in [6.07, 6.45) is 3.62. The number of ether oxygens (including phenoxy) is 1. The van der Waals surface area contributed by atoms with Crippen LogP contribution in [0.15, 0.2) is 23.1 Å². The summed E-state index contributed by atoms with van der Waals surface area (Å²) in [5.41, 5.74) is 3.09. The van der Waals surface area contributed by atoms with Crippen molar-refractivity contribution in [3.05, 3.63) is 28.5 Å². The molecular weight excluding hydrogens is 484 g/mol. The Morgan fingerprint density at radius 1 is 1.11 bits per heavy atom. The normalized spacial score (nSPS) is 15.7. The summed E-state index contributed by atoms with van der Waals surface area (Å²) in [6.45, 7) is 7.07. The largest absolute Gasteiger partial charge is 0.493 e. The topological polar surface area (TPSA) is 96.3 Å². The van der Waals surface area contributed by atoms with Crippen LogP contribution >= 0.6 is 12.2 Å². The van der Waals surface area contributed by atoms with Crippen molar-refractivity contribution in [1.82, 2.24) is 29.0 Å². The zero-order chi connectivity index (χ0) is 25.2. The minimum atomic E-state index is -3.66. The van der Waals surface area contributed by atoms with Gasteiger partial charge in [-0.2, -0.15) is 9.40 Å². The van der Waals surface area contributed by atoms with Crippen LogP contribution in [0.5, 0.6) is 5.75 Å². The highest BCUT2D eigenvalue weighted by Gasteiger charge is 2.29. The van der Waals surface area contributed by atoms with Gasteiger partial charge >= 0.3 is 0 Å². The molecule has 3 aromatic rings. The van der Waals surface area contributed by atoms with Gasteiger partial charge in [0.2, 0.25) is 10.0 Å². The van der Waals surface area contributed by atoms with E-state index in [4.69, 9.17) is 17.0 Å². The first-order valence-corrected chi connectivity index (χ1v) is 14.0. The number of aryl methyl sites for hydroxylation is 2. The second kappa shape index (κ2) is 10.7. The number of unbranched alkanes of at least 4 members (excludes halogenated alkanes) is 1. The Bertz CT molecular complexity index is 1360. The van der Waals surface area contributed by atoms with E-state index in [9.17, 15) is 8.42 Å². The third-order valence-electron chi connectivity index (χ3n) is 6.33. The highest BCUT2D eigenvalue weighted by atomic mass is 32.2. The summed E-state index contributed by atoms with van der Waals surface area (Å²) < 4.78 is 36.7. The van der Waals surface area contributed by atoms with Crippen molar-refractivity contribution in [3.8, 4) is 17.1 Å². The fraction of sp³-hybridized carbons (Fsp3) is 0.542. The van der Waals surface area contributed by atoms with E-state index in [0.29, 0.717) is 54.6 Å². The van der Waals surface area contributed by atoms with Crippen LogP contribution in [0.3, 0.4) is 0 Å². The van der Waals surface area contributed by atoms with Crippen molar-refractivity contribution in [1.29, 1.82) is 0 Å². The molecule has 0 amide bonds. The third-order valence-corrected chi connectivity index (χ3v) is 8.51. The lowest BCUT2D eigenvalue weighted by molar-refractivity contribution is 0.222. The molecule has 1 aromatic carbocycles. The number of rotatable bonds is 9. The molecular formula is C24H34N6O3S2. The Labute approximate surface area is 212 Å². The molecule has 190 valence electrons. The Hall–Kier alpha value is -2.34. The van der Waals surface area contributed by atoms with Crippen LogP contribution in [-0.2, 0) is 23.5 Å². The molecule has 1 aliphatic rings. The molecule has 2 aromatic heterocycles. The fourth-order valence-electron chi connectivity index (χ4n) is 4.28. The van der Waals surface area contributed by atoms with E-state index in [2.05, 4.69) is 33.8 Å². The van der Waals surface area contributed by atoms with Crippen LogP contribution in [0.25, 0.3) is 22.4 Å². The van der Waals surface area contributed by atoms with E-state index >= 15 is 0 Å². The van der Waals surface area contributed by atoms with Gasteiger partial charge in [0.1, 0.15) is 17.1 Å². The number of fused-ring (bicyclic) bond motifs is 1. The molecule has 35 heavy (non-hydrogen) atoms. The minimum Gasteiger partial charge on any atom is -0.493 e. The third kappa shape index (κ3) is 5.28. The van der Waals surface area contributed by atoms with Gasteiger partial charge in [-0.15, -0.1) is 0 Å². The smallest absolute Gasteiger partial charge is 0.243 e. The summed E-state index contributed by atoms with van der Waals surface area (Å²) in [4.78, 5) is 10.4. The Morgan fingerprint density at radius 3 is 2.54 bits per heavy atom. The first-order valence-electron chi connectivity index (χ1n) is 12.2. The van der Waals surface area contributed by atoms with Crippen LogP contribution in [0.1, 0.15) is 38.8 Å². The molecule has 11 heteroatoms. The average Bonchev–Trinajstić information content (AvgIpc) is 3.15. The number of nitrogens with one attached hydrogen (secondary N) is 1. The van der Waals surface area contributed by atoms with Crippen LogP contribution in [0.4, 0.5) is 0 Å². The van der Waals surface area contributed by atoms with Crippen molar-refractivity contribution in [3.63, 3.8) is 0 Å². The molecule has 4 rings (SSSR count). The number of sulfonamides is 1. The lowest BCUT2D eigenvalue weighted by Gasteiger charge is -2.31. The summed E-state index contributed by atoms with van der Waals surface area (Å²) in [6, 6.07) is 5.01. The standard InChI is InChI=1S/C24H34N6O3S2/c1-5-7-15-33-20-10-9-17(35(31,32)30-13-11-28(3)12-14-30)16-18(20)23-25-21-19(8-6-2)27-29(4)22(21)24(34)26-23/h9-10,16H,5-8,11-15H2,1-4H3,(H,25,26,34). The van der Waals surface area contributed by atoms with Gasteiger partial charge in [-0.25, -0.2) is 13.4 Å². The van der Waals surface area contributed by atoms with Crippen LogP contribution < -0.4 is 4.74 Å². The molecule has 0 spiro atoms. The fourth-order valence-corrected chi connectivity index (χ4v) is 6.06. The van der Waals surface area contributed by atoms with Crippen molar-refractivity contribution >= 4 is 33.3 Å². The molecule has 0 atom stereocenters. The Morgan fingerprint density at radius 2 is 1.86 bits per heavy atom. The van der Waals surface area contributed by atoms with Gasteiger partial charge in [0.05, 0.1) is 28.3 Å². The predicted molar refractivity (Wildman–Crippen MR) is 140 cm³/mol. The van der Waals surface area contributed by atoms with Gasteiger partial charge in [-0.05, 0) is 38.1 Å². The van der Waals surface area contributed by atoms with Gasteiger partial charge in [0, 0.05) is 33.2 Å². The van der Waals surface area contributed by atoms with Gasteiger partial charge in [0.25, 0.3) is 0 Å².